The molecule has 1 amide bonds. The lowest BCUT2D eigenvalue weighted by molar-refractivity contribution is -0.0515. The molecule has 24 heavy (non-hydrogen) atoms. The molecule has 0 aliphatic rings. The highest BCUT2D eigenvalue weighted by Gasteiger charge is 2.21. The van der Waals surface area contributed by atoms with E-state index in [-0.39, 0.29) is 23.1 Å². The van der Waals surface area contributed by atoms with Crippen LogP contribution in [0.5, 0.6) is 11.5 Å². The van der Waals surface area contributed by atoms with Gasteiger partial charge in [0, 0.05) is 5.02 Å². The summed E-state index contributed by atoms with van der Waals surface area (Å²) in [6.07, 6.45) is 0. The smallest absolute Gasteiger partial charge is 0.387 e. The molecule has 1 N–H and O–H groups in total. The molecule has 0 aliphatic carbocycles. The highest BCUT2D eigenvalue weighted by Crippen LogP contribution is 2.32. The summed E-state index contributed by atoms with van der Waals surface area (Å²) in [6.45, 7) is -1.30. The number of para-hydroxylation sites is 1. The molecule has 0 aromatic heterocycles. The van der Waals surface area contributed by atoms with Crippen molar-refractivity contribution in [3.8, 4) is 11.5 Å². The average molecular weight is 356 g/mol. The zero-order chi connectivity index (χ0) is 17.7. The molecule has 7 heteroatoms. The van der Waals surface area contributed by atoms with Crippen LogP contribution in [0.3, 0.4) is 0 Å². The molecule has 0 fully saturated rings. The first-order valence-corrected chi connectivity index (χ1v) is 7.48. The summed E-state index contributed by atoms with van der Waals surface area (Å²) >= 11 is 5.83. The molecule has 0 bridgehead atoms. The second kappa shape index (κ2) is 7.97. The molecule has 0 radical (unpaired) electrons. The third-order valence-corrected chi connectivity index (χ3v) is 3.62. The Morgan fingerprint density at radius 3 is 2.42 bits per heavy atom. The van der Waals surface area contributed by atoms with Gasteiger partial charge in [0.1, 0.15) is 0 Å². The number of carbonyl (C=O) groups is 1. The van der Waals surface area contributed by atoms with Crippen LogP contribution in [0, 0.1) is 0 Å². The van der Waals surface area contributed by atoms with E-state index in [2.05, 4.69) is 10.1 Å². The zero-order valence-corrected chi connectivity index (χ0v) is 13.8. The van der Waals surface area contributed by atoms with E-state index in [9.17, 15) is 13.6 Å². The van der Waals surface area contributed by atoms with Crippen LogP contribution in [-0.2, 0) is 0 Å². The van der Waals surface area contributed by atoms with Crippen molar-refractivity contribution in [3.05, 3.63) is 58.6 Å². The molecule has 1 atom stereocenters. The van der Waals surface area contributed by atoms with E-state index in [4.69, 9.17) is 16.3 Å². The van der Waals surface area contributed by atoms with E-state index >= 15 is 0 Å². The second-order valence-corrected chi connectivity index (χ2v) is 5.40. The van der Waals surface area contributed by atoms with Crippen LogP contribution in [0.25, 0.3) is 0 Å². The van der Waals surface area contributed by atoms with Gasteiger partial charge in [0.05, 0.1) is 18.7 Å². The lowest BCUT2D eigenvalue weighted by Crippen LogP contribution is -2.27. The average Bonchev–Trinajstić information content (AvgIpc) is 2.55. The molecule has 2 aromatic carbocycles. The molecule has 0 heterocycles. The molecule has 0 saturated carbocycles. The molecule has 2 rings (SSSR count). The van der Waals surface area contributed by atoms with Gasteiger partial charge in [0.2, 0.25) is 0 Å². The number of carbonyl (C=O) groups excluding carboxylic acids is 1. The highest BCUT2D eigenvalue weighted by atomic mass is 35.5. The summed E-state index contributed by atoms with van der Waals surface area (Å²) in [5.41, 5.74) is 0.794. The molecule has 4 nitrogen and oxygen atoms in total. The lowest BCUT2D eigenvalue weighted by Gasteiger charge is -2.17. The molecular formula is C17H16ClF2NO3. The summed E-state index contributed by atoms with van der Waals surface area (Å²) in [6, 6.07) is 11.0. The van der Waals surface area contributed by atoms with Gasteiger partial charge in [-0.15, -0.1) is 0 Å². The Balaban J connectivity index is 2.24. The summed E-state index contributed by atoms with van der Waals surface area (Å²) < 4.78 is 34.7. The van der Waals surface area contributed by atoms with Crippen molar-refractivity contribution in [1.29, 1.82) is 0 Å². The third-order valence-electron chi connectivity index (χ3n) is 3.37. The quantitative estimate of drug-likeness (QED) is 0.833. The van der Waals surface area contributed by atoms with Crippen molar-refractivity contribution < 1.29 is 23.0 Å². The van der Waals surface area contributed by atoms with Gasteiger partial charge in [-0.1, -0.05) is 29.8 Å². The number of halogens is 3. The van der Waals surface area contributed by atoms with Crippen molar-refractivity contribution in [2.75, 3.05) is 7.11 Å². The molecule has 0 saturated heterocycles. The fourth-order valence-corrected chi connectivity index (χ4v) is 2.30. The maximum absolute atomic E-state index is 12.6. The van der Waals surface area contributed by atoms with Gasteiger partial charge in [0.25, 0.3) is 5.91 Å². The van der Waals surface area contributed by atoms with Gasteiger partial charge in [0.15, 0.2) is 11.5 Å². The number of benzene rings is 2. The molecule has 2 aromatic rings. The Morgan fingerprint density at radius 2 is 1.83 bits per heavy atom. The van der Waals surface area contributed by atoms with Crippen molar-refractivity contribution in [1.82, 2.24) is 5.32 Å². The fourth-order valence-electron chi connectivity index (χ4n) is 2.18. The number of alkyl halides is 2. The number of hydrogen-bond donors (Lipinski definition) is 1. The number of methoxy groups -OCH3 is 1. The molecule has 0 aliphatic heterocycles. The maximum atomic E-state index is 12.6. The Morgan fingerprint density at radius 1 is 1.17 bits per heavy atom. The maximum Gasteiger partial charge on any atom is 0.387 e. The van der Waals surface area contributed by atoms with Gasteiger partial charge in [-0.05, 0) is 36.8 Å². The summed E-state index contributed by atoms with van der Waals surface area (Å²) in [7, 11) is 1.31. The van der Waals surface area contributed by atoms with Crippen LogP contribution in [0.15, 0.2) is 42.5 Å². The predicted octanol–water partition coefficient (Wildman–Crippen LogP) is 4.44. The first kappa shape index (κ1) is 18.0. The minimum atomic E-state index is -3.07. The number of hydrogen-bond acceptors (Lipinski definition) is 3. The fraction of sp³-hybridized carbons (Fsp3) is 0.235. The largest absolute Gasteiger partial charge is 0.493 e. The lowest BCUT2D eigenvalue weighted by atomic mass is 10.1. The predicted molar refractivity (Wildman–Crippen MR) is 87.0 cm³/mol. The van der Waals surface area contributed by atoms with Gasteiger partial charge in [-0.25, -0.2) is 0 Å². The van der Waals surface area contributed by atoms with Crippen LogP contribution in [0.4, 0.5) is 8.78 Å². The molecule has 0 spiro atoms. The van der Waals surface area contributed by atoms with Crippen molar-refractivity contribution in [2.24, 2.45) is 0 Å². The molecular weight excluding hydrogens is 340 g/mol. The van der Waals surface area contributed by atoms with E-state index in [0.717, 1.165) is 5.56 Å². The number of ether oxygens (including phenoxy) is 2. The first-order valence-electron chi connectivity index (χ1n) is 7.10. The summed E-state index contributed by atoms with van der Waals surface area (Å²) in [5.74, 6) is -0.787. The van der Waals surface area contributed by atoms with E-state index in [1.807, 2.05) is 0 Å². The number of rotatable bonds is 6. The van der Waals surface area contributed by atoms with Crippen LogP contribution < -0.4 is 14.8 Å². The Hall–Kier alpha value is -2.34. The van der Waals surface area contributed by atoms with Crippen molar-refractivity contribution in [3.63, 3.8) is 0 Å². The third kappa shape index (κ3) is 4.35. The topological polar surface area (TPSA) is 47.6 Å². The van der Waals surface area contributed by atoms with Crippen LogP contribution in [0.1, 0.15) is 28.9 Å². The highest BCUT2D eigenvalue weighted by molar-refractivity contribution is 6.30. The van der Waals surface area contributed by atoms with E-state index in [1.54, 1.807) is 31.2 Å². The van der Waals surface area contributed by atoms with Gasteiger partial charge in [-0.3, -0.25) is 4.79 Å². The SMILES string of the molecule is COc1cccc(C(=O)N[C@H](C)c2ccc(Cl)cc2)c1OC(F)F. The molecule has 128 valence electrons. The number of nitrogens with one attached hydrogen (secondary N) is 1. The van der Waals surface area contributed by atoms with Crippen LogP contribution in [0.2, 0.25) is 5.02 Å². The van der Waals surface area contributed by atoms with E-state index in [0.29, 0.717) is 5.02 Å². The Bertz CT molecular complexity index is 707. The standard InChI is InChI=1S/C17H16ClF2NO3/c1-10(11-6-8-12(18)9-7-11)21-16(22)13-4-3-5-14(23-2)15(13)24-17(19)20/h3-10,17H,1-2H3,(H,21,22)/t10-/m1/s1. The monoisotopic (exact) mass is 355 g/mol. The normalized spacial score (nSPS) is 11.9. The Kier molecular flexibility index (Phi) is 5.98. The summed E-state index contributed by atoms with van der Waals surface area (Å²) in [4.78, 5) is 12.4. The van der Waals surface area contributed by atoms with Crippen molar-refractivity contribution >= 4 is 17.5 Å². The Labute approximate surface area is 143 Å². The first-order chi connectivity index (χ1) is 11.4. The van der Waals surface area contributed by atoms with Gasteiger partial charge in [-0.2, -0.15) is 8.78 Å². The molecule has 0 unspecified atom stereocenters. The van der Waals surface area contributed by atoms with Gasteiger partial charge >= 0.3 is 6.61 Å². The minimum absolute atomic E-state index is 0.0320. The number of amides is 1. The van der Waals surface area contributed by atoms with Crippen molar-refractivity contribution in [2.45, 2.75) is 19.6 Å². The second-order valence-electron chi connectivity index (χ2n) is 4.96. The van der Waals surface area contributed by atoms with Gasteiger partial charge < -0.3 is 14.8 Å². The van der Waals surface area contributed by atoms with E-state index < -0.39 is 12.5 Å². The summed E-state index contributed by atoms with van der Waals surface area (Å²) in [5, 5.41) is 3.32. The minimum Gasteiger partial charge on any atom is -0.493 e. The van der Waals surface area contributed by atoms with E-state index in [1.165, 1.54) is 25.3 Å². The zero-order valence-electron chi connectivity index (χ0n) is 13.1. The van der Waals surface area contributed by atoms with Crippen LogP contribution >= 0.6 is 11.6 Å². The van der Waals surface area contributed by atoms with Crippen LogP contribution in [-0.4, -0.2) is 19.6 Å².